The molecule has 0 unspecified atom stereocenters. The molecular weight excluding hydrogens is 885 g/mol. The van der Waals surface area contributed by atoms with E-state index >= 15 is 13.2 Å². The lowest BCUT2D eigenvalue weighted by atomic mass is 9.35. The fourth-order valence-electron chi connectivity index (χ4n) is 13.3. The monoisotopic (exact) mass is 957 g/mol. The van der Waals surface area contributed by atoms with Gasteiger partial charge in [-0.25, -0.2) is 0 Å². The van der Waals surface area contributed by atoms with Crippen LogP contribution in [-0.4, -0.2) is 6.71 Å². The summed E-state index contributed by atoms with van der Waals surface area (Å²) in [6.07, 6.45) is 1.62. The van der Waals surface area contributed by atoms with Crippen LogP contribution in [-0.2, 0) is 44.1 Å². The van der Waals surface area contributed by atoms with E-state index in [0.717, 1.165) is 77.9 Å². The SMILES string of the molecule is CC(C)(C)c1ccc(N2c3cc(C(F)(F)F)cc4c3B(c3cc5c(cc3N4c3ccc4c(c3)C(C)(C)CCC4(C)C)C(C)(C)CCC5(C)C)c3sc4c(c32)C(C)(C)CCC4(C)C)c(-c2ccccc2)c1. The van der Waals surface area contributed by atoms with E-state index in [1.54, 1.807) is 0 Å². The van der Waals surface area contributed by atoms with E-state index in [1.165, 1.54) is 60.6 Å². The lowest BCUT2D eigenvalue weighted by molar-refractivity contribution is -0.137. The average molecular weight is 957 g/mol. The number of halogens is 3. The van der Waals surface area contributed by atoms with Crippen LogP contribution in [0.15, 0.2) is 91.0 Å². The second kappa shape index (κ2) is 14.9. The standard InChI is InChI=1S/C63H72BF3N2S/c1-56(2,3)38-21-24-47(41(31-38)37-19-17-16-18-20-37)69-50-33-39(63(65,66)67)32-49-52(50)64(55-53(69)51-54(70-55)62(14,15)30-29-61(51,12)13)46-35-44-45(60(10,11)28-27-59(44,8)9)36-48(46)68(49)40-22-23-42-43(34-40)58(6,7)26-25-57(42,4)5/h16-24,31-36H,25-30H2,1-15H3. The summed E-state index contributed by atoms with van der Waals surface area (Å²) in [7, 11) is 0. The fourth-order valence-corrected chi connectivity index (χ4v) is 15.0. The molecule has 0 amide bonds. The van der Waals surface area contributed by atoms with E-state index in [9.17, 15) is 0 Å². The molecule has 7 heteroatoms. The first-order valence-corrected chi connectivity index (χ1v) is 26.8. The molecule has 70 heavy (non-hydrogen) atoms. The highest BCUT2D eigenvalue weighted by Gasteiger charge is 2.53. The van der Waals surface area contributed by atoms with Crippen molar-refractivity contribution in [2.24, 2.45) is 0 Å². The lowest BCUT2D eigenvalue weighted by Gasteiger charge is -2.48. The summed E-state index contributed by atoms with van der Waals surface area (Å²) in [6, 6.07) is 32.1. The van der Waals surface area contributed by atoms with Crippen molar-refractivity contribution in [1.29, 1.82) is 0 Å². The first kappa shape index (κ1) is 47.6. The molecule has 3 heterocycles. The highest BCUT2D eigenvalue weighted by Crippen LogP contribution is 2.59. The number of anilines is 6. The van der Waals surface area contributed by atoms with Gasteiger partial charge in [0, 0.05) is 38.0 Å². The van der Waals surface area contributed by atoms with E-state index in [4.69, 9.17) is 0 Å². The van der Waals surface area contributed by atoms with Crippen molar-refractivity contribution in [1.82, 2.24) is 0 Å². The summed E-state index contributed by atoms with van der Waals surface area (Å²) >= 11 is 1.94. The number of hydrogen-bond donors (Lipinski definition) is 0. The third-order valence-corrected chi connectivity index (χ3v) is 19.7. The van der Waals surface area contributed by atoms with Crippen LogP contribution in [0, 0.1) is 0 Å². The summed E-state index contributed by atoms with van der Waals surface area (Å²) in [6.45, 7) is 34.8. The van der Waals surface area contributed by atoms with Crippen LogP contribution in [0.25, 0.3) is 11.1 Å². The van der Waals surface area contributed by atoms with Gasteiger partial charge in [-0.15, -0.1) is 0 Å². The van der Waals surface area contributed by atoms with Gasteiger partial charge >= 0.3 is 6.18 Å². The van der Waals surface area contributed by atoms with E-state index in [1.807, 2.05) is 17.4 Å². The first-order valence-electron chi connectivity index (χ1n) is 26.0. The maximum Gasteiger partial charge on any atom is 0.416 e. The second-order valence-corrected chi connectivity index (χ2v) is 27.9. The molecule has 0 atom stereocenters. The molecule has 364 valence electrons. The van der Waals surface area contributed by atoms with Gasteiger partial charge < -0.3 is 9.80 Å². The van der Waals surface area contributed by atoms with Gasteiger partial charge in [-0.3, -0.25) is 0 Å². The van der Waals surface area contributed by atoms with Crippen LogP contribution in [0.4, 0.5) is 47.3 Å². The Balaban J connectivity index is 1.33. The zero-order valence-corrected chi connectivity index (χ0v) is 45.2. The Labute approximate surface area is 421 Å². The van der Waals surface area contributed by atoms with Crippen molar-refractivity contribution < 1.29 is 13.2 Å². The molecule has 2 nitrogen and oxygen atoms in total. The summed E-state index contributed by atoms with van der Waals surface area (Å²) in [5, 5.41) is 0. The van der Waals surface area contributed by atoms with Crippen molar-refractivity contribution in [3.8, 4) is 11.1 Å². The number of hydrogen-bond acceptors (Lipinski definition) is 3. The molecule has 2 aliphatic heterocycles. The number of benzene rings is 5. The molecule has 3 aliphatic carbocycles. The van der Waals surface area contributed by atoms with E-state index in [-0.39, 0.29) is 44.6 Å². The summed E-state index contributed by atoms with van der Waals surface area (Å²) in [5.74, 6) is 0. The molecule has 0 N–H and O–H groups in total. The van der Waals surface area contributed by atoms with Gasteiger partial charge in [0.2, 0.25) is 0 Å². The van der Waals surface area contributed by atoms with Crippen molar-refractivity contribution in [2.75, 3.05) is 9.80 Å². The normalized spacial score (nSPS) is 20.7. The van der Waals surface area contributed by atoms with Crippen molar-refractivity contribution >= 4 is 67.9 Å². The molecule has 0 saturated carbocycles. The molecule has 1 aromatic heterocycles. The van der Waals surface area contributed by atoms with Crippen LogP contribution in [0.1, 0.15) is 186 Å². The summed E-state index contributed by atoms with van der Waals surface area (Å²) < 4.78 is 49.8. The minimum absolute atomic E-state index is 0.0198. The van der Waals surface area contributed by atoms with Gasteiger partial charge in [0.15, 0.2) is 0 Å². The highest BCUT2D eigenvalue weighted by molar-refractivity contribution is 7.29. The zero-order chi connectivity index (χ0) is 50.3. The lowest BCUT2D eigenvalue weighted by Crippen LogP contribution is -2.61. The predicted molar refractivity (Wildman–Crippen MR) is 293 cm³/mol. The van der Waals surface area contributed by atoms with Gasteiger partial charge in [0.1, 0.15) is 0 Å². The Morgan fingerprint density at radius 2 is 1.04 bits per heavy atom. The maximum atomic E-state index is 16.2. The second-order valence-electron chi connectivity index (χ2n) is 26.9. The van der Waals surface area contributed by atoms with Gasteiger partial charge in [0.05, 0.1) is 16.9 Å². The molecule has 5 aliphatic rings. The van der Waals surface area contributed by atoms with Gasteiger partial charge in [-0.05, 0) is 169 Å². The van der Waals surface area contributed by atoms with E-state index in [2.05, 4.69) is 186 Å². The van der Waals surface area contributed by atoms with Crippen molar-refractivity contribution in [3.05, 3.63) is 135 Å². The van der Waals surface area contributed by atoms with E-state index < -0.39 is 11.7 Å². The Kier molecular flexibility index (Phi) is 10.1. The first-order chi connectivity index (χ1) is 32.4. The van der Waals surface area contributed by atoms with Gasteiger partial charge in [0.25, 0.3) is 6.71 Å². The minimum atomic E-state index is -4.61. The molecule has 0 saturated heterocycles. The molecule has 0 fully saturated rings. The Bertz CT molecular complexity index is 3160. The number of rotatable bonds is 3. The number of alkyl halides is 3. The zero-order valence-electron chi connectivity index (χ0n) is 44.4. The third kappa shape index (κ3) is 7.07. The quantitative estimate of drug-likeness (QED) is 0.163. The molecule has 6 aromatic rings. The average Bonchev–Trinajstić information content (AvgIpc) is 3.71. The smallest absolute Gasteiger partial charge is 0.311 e. The molecule has 5 aromatic carbocycles. The number of fused-ring (bicyclic) bond motifs is 8. The molecule has 0 spiro atoms. The summed E-state index contributed by atoms with van der Waals surface area (Å²) in [4.78, 5) is 5.95. The predicted octanol–water partition coefficient (Wildman–Crippen LogP) is 16.9. The molecular formula is C63H72BF3N2S. The highest BCUT2D eigenvalue weighted by atomic mass is 32.1. The Morgan fingerprint density at radius 1 is 0.500 bits per heavy atom. The molecule has 0 radical (unpaired) electrons. The van der Waals surface area contributed by atoms with Crippen LogP contribution < -0.4 is 25.5 Å². The van der Waals surface area contributed by atoms with Crippen molar-refractivity contribution in [2.45, 2.75) is 186 Å². The third-order valence-electron chi connectivity index (χ3n) is 18.1. The van der Waals surface area contributed by atoms with Crippen LogP contribution in [0.3, 0.4) is 0 Å². The van der Waals surface area contributed by atoms with Gasteiger partial charge in [-0.1, -0.05) is 152 Å². The fraction of sp³-hybridized carbons (Fsp3) is 0.460. The molecule has 11 rings (SSSR count). The largest absolute Gasteiger partial charge is 0.416 e. The minimum Gasteiger partial charge on any atom is -0.311 e. The number of nitrogens with zero attached hydrogens (tertiary/aromatic N) is 2. The van der Waals surface area contributed by atoms with E-state index in [0.29, 0.717) is 11.4 Å². The van der Waals surface area contributed by atoms with Crippen LogP contribution >= 0.6 is 11.3 Å². The van der Waals surface area contributed by atoms with Crippen molar-refractivity contribution in [3.63, 3.8) is 0 Å². The Morgan fingerprint density at radius 3 is 1.64 bits per heavy atom. The summed E-state index contributed by atoms with van der Waals surface area (Å²) in [5.41, 5.74) is 15.6. The molecule has 0 bridgehead atoms. The van der Waals surface area contributed by atoms with Crippen LogP contribution in [0.2, 0.25) is 0 Å². The number of thiophene rings is 1. The van der Waals surface area contributed by atoms with Crippen LogP contribution in [0.5, 0.6) is 0 Å². The van der Waals surface area contributed by atoms with Gasteiger partial charge in [-0.2, -0.15) is 24.5 Å². The maximum absolute atomic E-state index is 16.2. The Hall–Kier alpha value is -4.75. The topological polar surface area (TPSA) is 6.48 Å².